The van der Waals surface area contributed by atoms with Crippen molar-refractivity contribution in [3.63, 3.8) is 0 Å². The van der Waals surface area contributed by atoms with Gasteiger partial charge in [0.05, 0.1) is 28.4 Å². The van der Waals surface area contributed by atoms with E-state index in [4.69, 9.17) is 32.7 Å². The number of anilines is 1. The fraction of sp³-hybridized carbons (Fsp3) is 0.222. The van der Waals surface area contributed by atoms with Crippen LogP contribution in [0.15, 0.2) is 36.4 Å². The van der Waals surface area contributed by atoms with Gasteiger partial charge in [-0.2, -0.15) is 0 Å². The Morgan fingerprint density at radius 1 is 1.08 bits per heavy atom. The molecule has 1 atom stereocenters. The van der Waals surface area contributed by atoms with Crippen LogP contribution < -0.4 is 10.1 Å². The maximum absolute atomic E-state index is 12.3. The van der Waals surface area contributed by atoms with Crippen LogP contribution in [0.3, 0.4) is 0 Å². The normalized spacial score (nSPS) is 11.6. The van der Waals surface area contributed by atoms with Crippen LogP contribution in [0.25, 0.3) is 0 Å². The van der Waals surface area contributed by atoms with E-state index in [-0.39, 0.29) is 10.6 Å². The van der Waals surface area contributed by atoms with Crippen LogP contribution in [0.1, 0.15) is 22.8 Å². The predicted molar refractivity (Wildman–Crippen MR) is 97.7 cm³/mol. The quantitative estimate of drug-likeness (QED) is 0.774. The first-order chi connectivity index (χ1) is 11.8. The van der Waals surface area contributed by atoms with E-state index in [1.165, 1.54) is 32.2 Å². The number of carbonyl (C=O) groups is 2. The topological polar surface area (TPSA) is 64.6 Å². The van der Waals surface area contributed by atoms with Gasteiger partial charge in [0.15, 0.2) is 6.10 Å². The summed E-state index contributed by atoms with van der Waals surface area (Å²) in [4.78, 5) is 24.4. The van der Waals surface area contributed by atoms with Crippen molar-refractivity contribution in [1.29, 1.82) is 0 Å². The molecule has 2 aromatic rings. The molecule has 1 amide bonds. The SMILES string of the molecule is COc1ccc(C)cc1NC(=O)[C@@H](C)OC(=O)c1ccc(Cl)c(Cl)c1. The number of methoxy groups -OCH3 is 1. The van der Waals surface area contributed by atoms with Crippen molar-refractivity contribution in [2.45, 2.75) is 20.0 Å². The first-order valence-corrected chi connectivity index (χ1v) is 8.19. The Hall–Kier alpha value is -2.24. The number of esters is 1. The van der Waals surface area contributed by atoms with Crippen molar-refractivity contribution in [2.75, 3.05) is 12.4 Å². The second-order valence-corrected chi connectivity index (χ2v) is 6.18. The number of aryl methyl sites for hydroxylation is 1. The van der Waals surface area contributed by atoms with E-state index in [0.29, 0.717) is 16.5 Å². The Kier molecular flexibility index (Phi) is 6.28. The summed E-state index contributed by atoms with van der Waals surface area (Å²) in [5.41, 5.74) is 1.67. The van der Waals surface area contributed by atoms with Crippen LogP contribution in [0.4, 0.5) is 5.69 Å². The lowest BCUT2D eigenvalue weighted by molar-refractivity contribution is -0.123. The molecule has 0 bridgehead atoms. The number of rotatable bonds is 5. The highest BCUT2D eigenvalue weighted by Gasteiger charge is 2.20. The molecule has 7 heteroatoms. The van der Waals surface area contributed by atoms with Gasteiger partial charge in [-0.3, -0.25) is 4.79 Å². The average Bonchev–Trinajstić information content (AvgIpc) is 2.57. The standard InChI is InChI=1S/C18H17Cl2NO4/c1-10-4-7-16(24-3)15(8-10)21-17(22)11(2)25-18(23)12-5-6-13(19)14(20)9-12/h4-9,11H,1-3H3,(H,21,22)/t11-/m1/s1. The van der Waals surface area contributed by atoms with E-state index in [9.17, 15) is 9.59 Å². The summed E-state index contributed by atoms with van der Waals surface area (Å²) in [7, 11) is 1.51. The number of hydrogen-bond acceptors (Lipinski definition) is 4. The van der Waals surface area contributed by atoms with Crippen molar-refractivity contribution < 1.29 is 19.1 Å². The summed E-state index contributed by atoms with van der Waals surface area (Å²) < 4.78 is 10.4. The zero-order valence-corrected chi connectivity index (χ0v) is 15.4. The smallest absolute Gasteiger partial charge is 0.338 e. The van der Waals surface area contributed by atoms with E-state index in [1.807, 2.05) is 13.0 Å². The molecular weight excluding hydrogens is 365 g/mol. The monoisotopic (exact) mass is 381 g/mol. The van der Waals surface area contributed by atoms with E-state index in [1.54, 1.807) is 12.1 Å². The molecule has 25 heavy (non-hydrogen) atoms. The third kappa shape index (κ3) is 4.87. The molecule has 0 unspecified atom stereocenters. The molecule has 0 aromatic heterocycles. The van der Waals surface area contributed by atoms with Crippen molar-refractivity contribution in [3.05, 3.63) is 57.6 Å². The van der Waals surface area contributed by atoms with E-state index >= 15 is 0 Å². The molecule has 0 radical (unpaired) electrons. The molecule has 0 saturated heterocycles. The molecule has 0 aliphatic heterocycles. The summed E-state index contributed by atoms with van der Waals surface area (Å²) in [5.74, 6) is -0.628. The highest BCUT2D eigenvalue weighted by molar-refractivity contribution is 6.42. The van der Waals surface area contributed by atoms with E-state index in [0.717, 1.165) is 5.56 Å². The van der Waals surface area contributed by atoms with E-state index < -0.39 is 18.0 Å². The molecule has 2 rings (SSSR count). The summed E-state index contributed by atoms with van der Waals surface area (Å²) in [6, 6.07) is 9.73. The van der Waals surface area contributed by atoms with Crippen molar-refractivity contribution in [2.24, 2.45) is 0 Å². The maximum Gasteiger partial charge on any atom is 0.338 e. The molecule has 1 N–H and O–H groups in total. The van der Waals surface area contributed by atoms with Crippen LogP contribution in [0, 0.1) is 6.92 Å². The first kappa shape index (κ1) is 19.1. The number of hydrogen-bond donors (Lipinski definition) is 1. The Morgan fingerprint density at radius 3 is 2.44 bits per heavy atom. The van der Waals surface area contributed by atoms with Crippen molar-refractivity contribution in [3.8, 4) is 5.75 Å². The third-order valence-corrected chi connectivity index (χ3v) is 4.16. The maximum atomic E-state index is 12.3. The lowest BCUT2D eigenvalue weighted by Crippen LogP contribution is -2.30. The highest BCUT2D eigenvalue weighted by atomic mass is 35.5. The Morgan fingerprint density at radius 2 is 1.80 bits per heavy atom. The van der Waals surface area contributed by atoms with Crippen molar-refractivity contribution >= 4 is 40.8 Å². The lowest BCUT2D eigenvalue weighted by atomic mass is 10.2. The molecule has 0 fully saturated rings. The lowest BCUT2D eigenvalue weighted by Gasteiger charge is -2.15. The predicted octanol–water partition coefficient (Wildman–Crippen LogP) is 4.49. The number of nitrogens with one attached hydrogen (secondary N) is 1. The van der Waals surface area contributed by atoms with Gasteiger partial charge in [0, 0.05) is 0 Å². The van der Waals surface area contributed by atoms with Gasteiger partial charge in [0.2, 0.25) is 0 Å². The van der Waals surface area contributed by atoms with E-state index in [2.05, 4.69) is 5.32 Å². The van der Waals surface area contributed by atoms with Crippen LogP contribution in [0.2, 0.25) is 10.0 Å². The molecule has 0 aliphatic rings. The molecule has 0 spiro atoms. The number of carbonyl (C=O) groups excluding carboxylic acids is 2. The summed E-state index contributed by atoms with van der Waals surface area (Å²) in [6.45, 7) is 3.37. The molecule has 2 aromatic carbocycles. The zero-order valence-electron chi connectivity index (χ0n) is 13.9. The number of amides is 1. The fourth-order valence-electron chi connectivity index (χ4n) is 2.06. The van der Waals surface area contributed by atoms with Crippen LogP contribution in [-0.2, 0) is 9.53 Å². The highest BCUT2D eigenvalue weighted by Crippen LogP contribution is 2.26. The number of benzene rings is 2. The minimum absolute atomic E-state index is 0.210. The summed E-state index contributed by atoms with van der Waals surface area (Å²) in [6.07, 6.45) is -1.01. The second kappa shape index (κ2) is 8.23. The molecule has 132 valence electrons. The Bertz CT molecular complexity index is 808. The van der Waals surface area contributed by atoms with Gasteiger partial charge in [-0.15, -0.1) is 0 Å². The van der Waals surface area contributed by atoms with Crippen LogP contribution >= 0.6 is 23.2 Å². The molecule has 0 aliphatic carbocycles. The van der Waals surface area contributed by atoms with Crippen LogP contribution in [-0.4, -0.2) is 25.1 Å². The third-order valence-electron chi connectivity index (χ3n) is 3.42. The largest absolute Gasteiger partial charge is 0.495 e. The number of ether oxygens (including phenoxy) is 2. The minimum Gasteiger partial charge on any atom is -0.495 e. The Labute approximate surface area is 155 Å². The molecule has 0 saturated carbocycles. The zero-order chi connectivity index (χ0) is 18.6. The molecule has 0 heterocycles. The van der Waals surface area contributed by atoms with Crippen molar-refractivity contribution in [1.82, 2.24) is 0 Å². The second-order valence-electron chi connectivity index (χ2n) is 5.37. The van der Waals surface area contributed by atoms with Gasteiger partial charge in [0.1, 0.15) is 5.75 Å². The van der Waals surface area contributed by atoms with Gasteiger partial charge >= 0.3 is 5.97 Å². The number of halogens is 2. The van der Waals surface area contributed by atoms with Gasteiger partial charge in [0.25, 0.3) is 5.91 Å². The van der Waals surface area contributed by atoms with Crippen LogP contribution in [0.5, 0.6) is 5.75 Å². The molecule has 5 nitrogen and oxygen atoms in total. The van der Waals surface area contributed by atoms with Gasteiger partial charge < -0.3 is 14.8 Å². The Balaban J connectivity index is 2.06. The summed E-state index contributed by atoms with van der Waals surface area (Å²) in [5, 5.41) is 3.25. The average molecular weight is 382 g/mol. The summed E-state index contributed by atoms with van der Waals surface area (Å²) >= 11 is 11.7. The molecular formula is C18H17Cl2NO4. The van der Waals surface area contributed by atoms with Gasteiger partial charge in [-0.1, -0.05) is 29.3 Å². The first-order valence-electron chi connectivity index (χ1n) is 7.43. The van der Waals surface area contributed by atoms with Gasteiger partial charge in [-0.05, 0) is 49.7 Å². The minimum atomic E-state index is -1.01. The van der Waals surface area contributed by atoms with Gasteiger partial charge in [-0.25, -0.2) is 4.79 Å². The fourth-order valence-corrected chi connectivity index (χ4v) is 2.36.